The number of non-ortho nitro benzene ring substituents is 1. The Balaban J connectivity index is 3.02. The Kier molecular flexibility index (Phi) is 5.06. The average Bonchev–Trinajstić information content (AvgIpc) is 2.28. The molecule has 1 unspecified atom stereocenters. The Labute approximate surface area is 129 Å². The Morgan fingerprint density at radius 3 is 2.33 bits per heavy atom. The SMILES string of the molecule is CC(C)(C)C(C(=O)O)C(=O)Nc1ccc([N+](=O)[O-])cc1Br. The first-order valence-electron chi connectivity index (χ1n) is 6.01. The molecule has 0 aliphatic rings. The van der Waals surface area contributed by atoms with Crippen LogP contribution in [-0.2, 0) is 9.59 Å². The molecule has 0 spiro atoms. The number of nitro benzene ring substituents is 1. The van der Waals surface area contributed by atoms with E-state index in [1.165, 1.54) is 18.2 Å². The molecule has 1 rings (SSSR count). The second-order valence-electron chi connectivity index (χ2n) is 5.55. The van der Waals surface area contributed by atoms with E-state index in [9.17, 15) is 24.8 Å². The molecule has 0 aliphatic carbocycles. The molecule has 114 valence electrons. The molecular weight excluding hydrogens is 344 g/mol. The number of carboxylic acid groups (broad SMARTS) is 1. The molecule has 0 bridgehead atoms. The number of carbonyl (C=O) groups is 2. The van der Waals surface area contributed by atoms with Crippen molar-refractivity contribution in [3.8, 4) is 0 Å². The number of benzene rings is 1. The lowest BCUT2D eigenvalue weighted by Gasteiger charge is -2.26. The Bertz CT molecular complexity index is 595. The molecule has 0 saturated heterocycles. The van der Waals surface area contributed by atoms with E-state index in [1.54, 1.807) is 20.8 Å². The van der Waals surface area contributed by atoms with Gasteiger partial charge in [0, 0.05) is 16.6 Å². The van der Waals surface area contributed by atoms with Gasteiger partial charge in [0.05, 0.1) is 10.6 Å². The zero-order valence-corrected chi connectivity index (χ0v) is 13.3. The fraction of sp³-hybridized carbons (Fsp3) is 0.385. The van der Waals surface area contributed by atoms with Gasteiger partial charge in [-0.2, -0.15) is 0 Å². The van der Waals surface area contributed by atoms with Gasteiger partial charge in [-0.1, -0.05) is 20.8 Å². The molecule has 0 heterocycles. The molecule has 21 heavy (non-hydrogen) atoms. The number of hydrogen-bond acceptors (Lipinski definition) is 4. The fourth-order valence-electron chi connectivity index (χ4n) is 1.80. The molecule has 0 saturated carbocycles. The van der Waals surface area contributed by atoms with Gasteiger partial charge < -0.3 is 10.4 Å². The third kappa shape index (κ3) is 4.25. The van der Waals surface area contributed by atoms with E-state index in [1.807, 2.05) is 0 Å². The van der Waals surface area contributed by atoms with E-state index in [4.69, 9.17) is 0 Å². The van der Waals surface area contributed by atoms with E-state index in [0.717, 1.165) is 0 Å². The van der Waals surface area contributed by atoms with Gasteiger partial charge in [-0.3, -0.25) is 19.7 Å². The summed E-state index contributed by atoms with van der Waals surface area (Å²) in [6.45, 7) is 4.95. The van der Waals surface area contributed by atoms with E-state index < -0.39 is 28.1 Å². The number of hydrogen-bond donors (Lipinski definition) is 2. The third-order valence-corrected chi connectivity index (χ3v) is 3.45. The molecule has 7 nitrogen and oxygen atoms in total. The van der Waals surface area contributed by atoms with Crippen molar-refractivity contribution in [1.29, 1.82) is 0 Å². The number of anilines is 1. The second-order valence-corrected chi connectivity index (χ2v) is 6.40. The van der Waals surface area contributed by atoms with Crippen molar-refractivity contribution < 1.29 is 19.6 Å². The maximum atomic E-state index is 12.1. The number of amides is 1. The number of carboxylic acids is 1. The Morgan fingerprint density at radius 1 is 1.38 bits per heavy atom. The number of halogens is 1. The molecule has 0 aliphatic heterocycles. The smallest absolute Gasteiger partial charge is 0.316 e. The second kappa shape index (κ2) is 6.21. The number of carbonyl (C=O) groups excluding carboxylic acids is 1. The summed E-state index contributed by atoms with van der Waals surface area (Å²) >= 11 is 3.11. The van der Waals surface area contributed by atoms with Crippen LogP contribution >= 0.6 is 15.9 Å². The summed E-state index contributed by atoms with van der Waals surface area (Å²) in [5.74, 6) is -3.14. The summed E-state index contributed by atoms with van der Waals surface area (Å²) < 4.78 is 0.308. The van der Waals surface area contributed by atoms with Gasteiger partial charge in [-0.25, -0.2) is 0 Å². The van der Waals surface area contributed by atoms with Gasteiger partial charge in [-0.15, -0.1) is 0 Å². The highest BCUT2D eigenvalue weighted by Gasteiger charge is 2.37. The van der Waals surface area contributed by atoms with Crippen LogP contribution in [0.2, 0.25) is 0 Å². The van der Waals surface area contributed by atoms with Crippen LogP contribution < -0.4 is 5.32 Å². The third-order valence-electron chi connectivity index (χ3n) is 2.80. The summed E-state index contributed by atoms with van der Waals surface area (Å²) in [4.78, 5) is 33.4. The molecule has 0 aromatic heterocycles. The van der Waals surface area contributed by atoms with Crippen molar-refractivity contribution in [2.75, 3.05) is 5.32 Å². The van der Waals surface area contributed by atoms with Gasteiger partial charge in [0.25, 0.3) is 5.69 Å². The molecule has 1 aromatic carbocycles. The first-order valence-corrected chi connectivity index (χ1v) is 6.81. The number of aliphatic carboxylic acids is 1. The lowest BCUT2D eigenvalue weighted by molar-refractivity contribution is -0.384. The number of nitrogens with zero attached hydrogens (tertiary/aromatic N) is 1. The van der Waals surface area contributed by atoms with Gasteiger partial charge in [0.15, 0.2) is 0 Å². The van der Waals surface area contributed by atoms with Gasteiger partial charge >= 0.3 is 5.97 Å². The average molecular weight is 359 g/mol. The fourth-order valence-corrected chi connectivity index (χ4v) is 2.27. The first-order chi connectivity index (χ1) is 9.54. The van der Waals surface area contributed by atoms with Crippen LogP contribution in [0.4, 0.5) is 11.4 Å². The minimum atomic E-state index is -1.24. The topological polar surface area (TPSA) is 110 Å². The molecule has 2 N–H and O–H groups in total. The molecule has 1 aromatic rings. The lowest BCUT2D eigenvalue weighted by Crippen LogP contribution is -2.39. The summed E-state index contributed by atoms with van der Waals surface area (Å²) in [5.41, 5.74) is -0.616. The summed E-state index contributed by atoms with van der Waals surface area (Å²) in [5, 5.41) is 22.3. The predicted molar refractivity (Wildman–Crippen MR) is 80.0 cm³/mol. The van der Waals surface area contributed by atoms with Crippen LogP contribution in [0, 0.1) is 21.4 Å². The Morgan fingerprint density at radius 2 is 1.95 bits per heavy atom. The first kappa shape index (κ1) is 17.1. The van der Waals surface area contributed by atoms with Crippen LogP contribution in [-0.4, -0.2) is 21.9 Å². The summed E-state index contributed by atoms with van der Waals surface area (Å²) in [6.07, 6.45) is 0. The van der Waals surface area contributed by atoms with Crippen LogP contribution in [0.25, 0.3) is 0 Å². The van der Waals surface area contributed by atoms with Crippen LogP contribution in [0.3, 0.4) is 0 Å². The maximum Gasteiger partial charge on any atom is 0.316 e. The van der Waals surface area contributed by atoms with Crippen molar-refractivity contribution in [2.24, 2.45) is 11.3 Å². The number of nitro groups is 1. The number of nitrogens with one attached hydrogen (secondary N) is 1. The molecule has 0 fully saturated rings. The normalized spacial score (nSPS) is 12.6. The van der Waals surface area contributed by atoms with Gasteiger partial charge in [-0.05, 0) is 27.4 Å². The quantitative estimate of drug-likeness (QED) is 0.488. The maximum absolute atomic E-state index is 12.1. The van der Waals surface area contributed by atoms with E-state index in [-0.39, 0.29) is 11.4 Å². The van der Waals surface area contributed by atoms with E-state index >= 15 is 0 Å². The largest absolute Gasteiger partial charge is 0.481 e. The highest BCUT2D eigenvalue weighted by Crippen LogP contribution is 2.31. The molecule has 0 radical (unpaired) electrons. The molecule has 1 atom stereocenters. The van der Waals surface area contributed by atoms with Gasteiger partial charge in [0.1, 0.15) is 5.92 Å². The minimum Gasteiger partial charge on any atom is -0.481 e. The zero-order chi connectivity index (χ0) is 16.4. The monoisotopic (exact) mass is 358 g/mol. The van der Waals surface area contributed by atoms with Crippen LogP contribution in [0.1, 0.15) is 20.8 Å². The van der Waals surface area contributed by atoms with Crippen molar-refractivity contribution in [3.05, 3.63) is 32.8 Å². The minimum absolute atomic E-state index is 0.134. The van der Waals surface area contributed by atoms with E-state index in [0.29, 0.717) is 4.47 Å². The molecular formula is C13H15BrN2O5. The van der Waals surface area contributed by atoms with Crippen molar-refractivity contribution in [3.63, 3.8) is 0 Å². The highest BCUT2D eigenvalue weighted by atomic mass is 79.9. The summed E-state index contributed by atoms with van der Waals surface area (Å²) in [6, 6.07) is 3.82. The van der Waals surface area contributed by atoms with Crippen molar-refractivity contribution in [1.82, 2.24) is 0 Å². The lowest BCUT2D eigenvalue weighted by atomic mass is 9.80. The highest BCUT2D eigenvalue weighted by molar-refractivity contribution is 9.10. The van der Waals surface area contributed by atoms with E-state index in [2.05, 4.69) is 21.2 Å². The van der Waals surface area contributed by atoms with Crippen molar-refractivity contribution >= 4 is 39.2 Å². The predicted octanol–water partition coefficient (Wildman–Crippen LogP) is 3.04. The van der Waals surface area contributed by atoms with Crippen LogP contribution in [0.15, 0.2) is 22.7 Å². The molecule has 8 heteroatoms. The summed E-state index contributed by atoms with van der Waals surface area (Å²) in [7, 11) is 0. The van der Waals surface area contributed by atoms with Crippen LogP contribution in [0.5, 0.6) is 0 Å². The Hall–Kier alpha value is -1.96. The van der Waals surface area contributed by atoms with Crippen molar-refractivity contribution in [2.45, 2.75) is 20.8 Å². The van der Waals surface area contributed by atoms with Gasteiger partial charge in [0.2, 0.25) is 5.91 Å². The number of rotatable bonds is 4. The zero-order valence-electron chi connectivity index (χ0n) is 11.7. The molecule has 1 amide bonds. The standard InChI is InChI=1S/C13H15BrN2O5/c1-13(2,3)10(12(18)19)11(17)15-9-5-4-7(16(20)21)6-8(9)14/h4-6,10H,1-3H3,(H,15,17)(H,18,19).